The maximum absolute atomic E-state index is 12.9. The van der Waals surface area contributed by atoms with Gasteiger partial charge in [-0.1, -0.05) is 6.92 Å². The summed E-state index contributed by atoms with van der Waals surface area (Å²) in [4.78, 5) is 6.63. The topological polar surface area (TPSA) is 62.7 Å². The van der Waals surface area contributed by atoms with E-state index >= 15 is 0 Å². The number of nitrogens with zero attached hydrogens (tertiary/aromatic N) is 3. The molecule has 2 saturated heterocycles. The molecule has 6 nitrogen and oxygen atoms in total. The Hall–Kier alpha value is -0.540. The molecule has 0 radical (unpaired) electrons. The van der Waals surface area contributed by atoms with E-state index < -0.39 is 10.0 Å². The van der Waals surface area contributed by atoms with Gasteiger partial charge in [0.25, 0.3) is 10.0 Å². The van der Waals surface area contributed by atoms with Crippen molar-refractivity contribution in [2.45, 2.75) is 49.4 Å². The predicted octanol–water partition coefficient (Wildman–Crippen LogP) is 1.58. The van der Waals surface area contributed by atoms with Crippen molar-refractivity contribution in [3.05, 3.63) is 11.2 Å². The highest BCUT2D eigenvalue weighted by Crippen LogP contribution is 2.27. The molecule has 0 bridgehead atoms. The molecule has 0 amide bonds. The van der Waals surface area contributed by atoms with Gasteiger partial charge in [0.15, 0.2) is 4.21 Å². The molecule has 0 aliphatic carbocycles. The Labute approximate surface area is 142 Å². The molecule has 1 aromatic rings. The Kier molecular flexibility index (Phi) is 5.37. The van der Waals surface area contributed by atoms with Crippen molar-refractivity contribution in [2.75, 3.05) is 32.8 Å². The van der Waals surface area contributed by atoms with Crippen LogP contribution in [0.1, 0.15) is 31.7 Å². The second kappa shape index (κ2) is 7.14. The zero-order valence-electron chi connectivity index (χ0n) is 13.8. The van der Waals surface area contributed by atoms with Crippen LogP contribution in [0.4, 0.5) is 0 Å². The van der Waals surface area contributed by atoms with Gasteiger partial charge >= 0.3 is 0 Å². The number of hydrogen-bond acceptors (Lipinski definition) is 6. The fourth-order valence-electron chi connectivity index (χ4n) is 3.40. The lowest BCUT2D eigenvalue weighted by Crippen LogP contribution is -2.57. The fraction of sp³-hybridized carbons (Fsp3) is 0.800. The molecule has 23 heavy (non-hydrogen) atoms. The molecule has 2 aliphatic heterocycles. The molecule has 0 saturated carbocycles. The van der Waals surface area contributed by atoms with Crippen molar-refractivity contribution in [3.63, 3.8) is 0 Å². The standard InChI is InChI=1S/C15H25N3O3S2/c1-3-14-16-10-15(22-14)23(19,20)18-7-6-17(11-12(18)2)13-4-8-21-9-5-13/h10,12-13H,3-9,11H2,1-2H3/t12-/m0/s1. The van der Waals surface area contributed by atoms with Crippen molar-refractivity contribution >= 4 is 21.4 Å². The third kappa shape index (κ3) is 3.61. The number of hydrogen-bond donors (Lipinski definition) is 0. The first-order chi connectivity index (χ1) is 11.0. The number of ether oxygens (including phenoxy) is 1. The first-order valence-electron chi connectivity index (χ1n) is 8.30. The van der Waals surface area contributed by atoms with Crippen LogP contribution in [0.5, 0.6) is 0 Å². The second-order valence-corrected chi connectivity index (χ2v) is 9.46. The van der Waals surface area contributed by atoms with Gasteiger partial charge in [0, 0.05) is 44.9 Å². The van der Waals surface area contributed by atoms with Crippen molar-refractivity contribution in [1.82, 2.24) is 14.2 Å². The fourth-order valence-corrected chi connectivity index (χ4v) is 6.26. The molecule has 0 aromatic carbocycles. The van der Waals surface area contributed by atoms with Gasteiger partial charge in [-0.3, -0.25) is 4.90 Å². The van der Waals surface area contributed by atoms with Crippen LogP contribution in [0, 0.1) is 0 Å². The number of piperazine rings is 1. The maximum atomic E-state index is 12.9. The highest BCUT2D eigenvalue weighted by Gasteiger charge is 2.36. The van der Waals surface area contributed by atoms with Crippen LogP contribution in [0.25, 0.3) is 0 Å². The van der Waals surface area contributed by atoms with Crippen molar-refractivity contribution in [1.29, 1.82) is 0 Å². The Morgan fingerprint density at radius 2 is 2.09 bits per heavy atom. The predicted molar refractivity (Wildman–Crippen MR) is 90.3 cm³/mol. The summed E-state index contributed by atoms with van der Waals surface area (Å²) in [6.45, 7) is 7.78. The number of sulfonamides is 1. The van der Waals surface area contributed by atoms with Gasteiger partial charge < -0.3 is 4.74 Å². The molecular weight excluding hydrogens is 334 g/mol. The van der Waals surface area contributed by atoms with Crippen LogP contribution in [-0.2, 0) is 21.2 Å². The molecule has 2 aliphatic rings. The summed E-state index contributed by atoms with van der Waals surface area (Å²) in [5.41, 5.74) is 0. The van der Waals surface area contributed by atoms with Gasteiger partial charge in [0.1, 0.15) is 0 Å². The molecule has 8 heteroatoms. The minimum Gasteiger partial charge on any atom is -0.381 e. The first kappa shape index (κ1) is 17.3. The molecular formula is C15H25N3O3S2. The number of thiazole rings is 1. The second-order valence-electron chi connectivity index (χ2n) is 6.23. The highest BCUT2D eigenvalue weighted by atomic mass is 32.2. The molecule has 0 unspecified atom stereocenters. The quantitative estimate of drug-likeness (QED) is 0.817. The molecule has 0 spiro atoms. The van der Waals surface area contributed by atoms with E-state index in [1.165, 1.54) is 17.5 Å². The summed E-state index contributed by atoms with van der Waals surface area (Å²) in [6.07, 6.45) is 4.38. The van der Waals surface area contributed by atoms with Crippen LogP contribution in [0.15, 0.2) is 10.4 Å². The van der Waals surface area contributed by atoms with Gasteiger partial charge in [-0.25, -0.2) is 13.4 Å². The lowest BCUT2D eigenvalue weighted by atomic mass is 10.1. The molecule has 1 atom stereocenters. The van der Waals surface area contributed by atoms with E-state index in [1.807, 2.05) is 13.8 Å². The third-order valence-corrected chi connectivity index (χ3v) is 8.29. The van der Waals surface area contributed by atoms with E-state index in [1.54, 1.807) is 4.31 Å². The van der Waals surface area contributed by atoms with E-state index in [2.05, 4.69) is 9.88 Å². The van der Waals surface area contributed by atoms with Crippen LogP contribution in [-0.4, -0.2) is 67.5 Å². The number of aryl methyl sites for hydroxylation is 1. The molecule has 130 valence electrons. The van der Waals surface area contributed by atoms with E-state index in [9.17, 15) is 8.42 Å². The van der Waals surface area contributed by atoms with Gasteiger partial charge in [-0.2, -0.15) is 4.31 Å². The van der Waals surface area contributed by atoms with Gasteiger partial charge in [0.05, 0.1) is 11.2 Å². The zero-order chi connectivity index (χ0) is 16.4. The lowest BCUT2D eigenvalue weighted by Gasteiger charge is -2.43. The number of rotatable bonds is 4. The largest absolute Gasteiger partial charge is 0.381 e. The minimum atomic E-state index is -3.42. The van der Waals surface area contributed by atoms with Crippen LogP contribution in [0.3, 0.4) is 0 Å². The van der Waals surface area contributed by atoms with Crippen LogP contribution in [0.2, 0.25) is 0 Å². The third-order valence-electron chi connectivity index (χ3n) is 4.70. The Bertz CT molecular complexity index is 626. The molecule has 3 rings (SSSR count). The summed E-state index contributed by atoms with van der Waals surface area (Å²) in [5, 5.41) is 0.872. The Morgan fingerprint density at radius 1 is 1.35 bits per heavy atom. The normalized spacial score (nSPS) is 25.7. The van der Waals surface area contributed by atoms with Crippen molar-refractivity contribution < 1.29 is 13.2 Å². The van der Waals surface area contributed by atoms with E-state index in [0.29, 0.717) is 16.8 Å². The molecule has 2 fully saturated rings. The minimum absolute atomic E-state index is 0.0104. The average molecular weight is 360 g/mol. The SMILES string of the molecule is CCc1ncc(S(=O)(=O)N2CCN(C3CCOCC3)C[C@@H]2C)s1. The monoisotopic (exact) mass is 359 g/mol. The summed E-state index contributed by atoms with van der Waals surface area (Å²) in [5.74, 6) is 0. The summed E-state index contributed by atoms with van der Waals surface area (Å²) in [6, 6.07) is 0.523. The van der Waals surface area contributed by atoms with E-state index in [4.69, 9.17) is 4.74 Å². The number of aromatic nitrogens is 1. The van der Waals surface area contributed by atoms with Gasteiger partial charge in [0.2, 0.25) is 0 Å². The Morgan fingerprint density at radius 3 is 2.70 bits per heavy atom. The first-order valence-corrected chi connectivity index (χ1v) is 10.6. The van der Waals surface area contributed by atoms with Crippen LogP contribution >= 0.6 is 11.3 Å². The summed E-state index contributed by atoms with van der Waals surface area (Å²) in [7, 11) is -3.42. The lowest BCUT2D eigenvalue weighted by molar-refractivity contribution is 0.0137. The van der Waals surface area contributed by atoms with E-state index in [-0.39, 0.29) is 6.04 Å². The smallest absolute Gasteiger partial charge is 0.254 e. The zero-order valence-corrected chi connectivity index (χ0v) is 15.4. The maximum Gasteiger partial charge on any atom is 0.254 e. The highest BCUT2D eigenvalue weighted by molar-refractivity contribution is 7.91. The van der Waals surface area contributed by atoms with Crippen LogP contribution < -0.4 is 0 Å². The summed E-state index contributed by atoms with van der Waals surface area (Å²) < 4.78 is 33.2. The van der Waals surface area contributed by atoms with E-state index in [0.717, 1.165) is 50.6 Å². The molecule has 1 aromatic heterocycles. The summed E-state index contributed by atoms with van der Waals surface area (Å²) >= 11 is 1.29. The van der Waals surface area contributed by atoms with Gasteiger partial charge in [-0.05, 0) is 26.2 Å². The Balaban J connectivity index is 1.69. The molecule has 3 heterocycles. The molecule has 0 N–H and O–H groups in total. The van der Waals surface area contributed by atoms with Crippen molar-refractivity contribution in [2.24, 2.45) is 0 Å². The van der Waals surface area contributed by atoms with Gasteiger partial charge in [-0.15, -0.1) is 11.3 Å². The average Bonchev–Trinajstić information content (AvgIpc) is 3.05. The van der Waals surface area contributed by atoms with Crippen molar-refractivity contribution in [3.8, 4) is 0 Å².